The smallest absolute Gasteiger partial charge is 0.251 e. The van der Waals surface area contributed by atoms with Crippen molar-refractivity contribution in [2.75, 3.05) is 33.8 Å². The van der Waals surface area contributed by atoms with E-state index in [2.05, 4.69) is 24.5 Å². The summed E-state index contributed by atoms with van der Waals surface area (Å²) in [6.45, 7) is 5.57. The van der Waals surface area contributed by atoms with Gasteiger partial charge in [-0.1, -0.05) is 32.0 Å². The zero-order valence-corrected chi connectivity index (χ0v) is 18.6. The molecule has 7 heteroatoms. The summed E-state index contributed by atoms with van der Waals surface area (Å²) in [6, 6.07) is 8.56. The van der Waals surface area contributed by atoms with Gasteiger partial charge in [-0.15, -0.1) is 0 Å². The normalized spacial score (nSPS) is 19.2. The first kappa shape index (κ1) is 24.0. The van der Waals surface area contributed by atoms with E-state index in [0.29, 0.717) is 31.4 Å². The van der Waals surface area contributed by atoms with Crippen molar-refractivity contribution in [3.63, 3.8) is 0 Å². The molecular formula is C23H35N3O4. The lowest BCUT2D eigenvalue weighted by atomic mass is 9.84. The average Bonchev–Trinajstić information content (AvgIpc) is 3.05. The van der Waals surface area contributed by atoms with E-state index < -0.39 is 6.04 Å². The van der Waals surface area contributed by atoms with E-state index >= 15 is 0 Å². The van der Waals surface area contributed by atoms with Gasteiger partial charge in [0.1, 0.15) is 12.6 Å². The number of carbonyl (C=O) groups excluding carboxylic acids is 3. The average molecular weight is 418 g/mol. The van der Waals surface area contributed by atoms with E-state index in [-0.39, 0.29) is 35.7 Å². The highest BCUT2D eigenvalue weighted by Gasteiger charge is 2.36. The Bertz CT molecular complexity index is 718. The summed E-state index contributed by atoms with van der Waals surface area (Å²) in [5.41, 5.74) is 0.531. The van der Waals surface area contributed by atoms with Crippen LogP contribution in [-0.2, 0) is 14.3 Å². The third kappa shape index (κ3) is 7.88. The third-order valence-corrected chi connectivity index (χ3v) is 5.49. The van der Waals surface area contributed by atoms with Crippen LogP contribution in [0.3, 0.4) is 0 Å². The SMILES string of the molecule is CN(C)CCC1OCC(=O)C1NC(=O)CCC(C)(C)CCNC(=O)c1ccccc1. The van der Waals surface area contributed by atoms with Gasteiger partial charge in [0.15, 0.2) is 5.78 Å². The maximum absolute atomic E-state index is 12.4. The van der Waals surface area contributed by atoms with Gasteiger partial charge in [-0.3, -0.25) is 14.4 Å². The highest BCUT2D eigenvalue weighted by molar-refractivity contribution is 5.94. The maximum atomic E-state index is 12.4. The molecule has 1 aromatic carbocycles. The number of amides is 2. The van der Waals surface area contributed by atoms with Crippen LogP contribution >= 0.6 is 0 Å². The summed E-state index contributed by atoms with van der Waals surface area (Å²) in [5, 5.41) is 5.80. The molecule has 30 heavy (non-hydrogen) atoms. The van der Waals surface area contributed by atoms with Crippen molar-refractivity contribution in [1.82, 2.24) is 15.5 Å². The van der Waals surface area contributed by atoms with Gasteiger partial charge in [-0.05, 0) is 50.9 Å². The molecule has 2 amide bonds. The van der Waals surface area contributed by atoms with Gasteiger partial charge in [0.05, 0.1) is 6.10 Å². The summed E-state index contributed by atoms with van der Waals surface area (Å²) in [4.78, 5) is 38.7. The highest BCUT2D eigenvalue weighted by Crippen LogP contribution is 2.26. The second-order valence-electron chi connectivity index (χ2n) is 8.99. The molecular weight excluding hydrogens is 382 g/mol. The van der Waals surface area contributed by atoms with Crippen molar-refractivity contribution >= 4 is 17.6 Å². The van der Waals surface area contributed by atoms with Crippen LogP contribution in [0.2, 0.25) is 0 Å². The molecule has 0 aromatic heterocycles. The quantitative estimate of drug-likeness (QED) is 0.575. The molecule has 1 aromatic rings. The van der Waals surface area contributed by atoms with Crippen LogP contribution in [0, 0.1) is 5.41 Å². The van der Waals surface area contributed by atoms with Crippen LogP contribution in [0.4, 0.5) is 0 Å². The Hall–Kier alpha value is -2.25. The molecule has 166 valence electrons. The Morgan fingerprint density at radius 3 is 2.53 bits per heavy atom. The summed E-state index contributed by atoms with van der Waals surface area (Å²) in [6.07, 6.45) is 2.21. The lowest BCUT2D eigenvalue weighted by Gasteiger charge is -2.25. The van der Waals surface area contributed by atoms with E-state index in [9.17, 15) is 14.4 Å². The van der Waals surface area contributed by atoms with Crippen molar-refractivity contribution < 1.29 is 19.1 Å². The third-order valence-electron chi connectivity index (χ3n) is 5.49. The maximum Gasteiger partial charge on any atom is 0.251 e. The molecule has 2 rings (SSSR count). The first-order chi connectivity index (χ1) is 14.2. The molecule has 7 nitrogen and oxygen atoms in total. The lowest BCUT2D eigenvalue weighted by molar-refractivity contribution is -0.126. The van der Waals surface area contributed by atoms with E-state index in [1.807, 2.05) is 37.2 Å². The van der Waals surface area contributed by atoms with Gasteiger partial charge in [-0.25, -0.2) is 0 Å². The monoisotopic (exact) mass is 417 g/mol. The number of nitrogens with one attached hydrogen (secondary N) is 2. The number of rotatable bonds is 11. The Kier molecular flexibility index (Phi) is 8.99. The molecule has 1 aliphatic heterocycles. The fourth-order valence-corrected chi connectivity index (χ4v) is 3.42. The molecule has 1 aliphatic rings. The van der Waals surface area contributed by atoms with Gasteiger partial charge < -0.3 is 20.3 Å². The number of carbonyl (C=O) groups is 3. The van der Waals surface area contributed by atoms with Crippen LogP contribution in [0.5, 0.6) is 0 Å². The Labute approximate surface area is 179 Å². The number of ether oxygens (including phenoxy) is 1. The molecule has 2 atom stereocenters. The minimum Gasteiger partial charge on any atom is -0.368 e. The van der Waals surface area contributed by atoms with Crippen molar-refractivity contribution in [2.45, 2.75) is 51.7 Å². The van der Waals surface area contributed by atoms with Crippen LogP contribution in [-0.4, -0.2) is 68.4 Å². The van der Waals surface area contributed by atoms with Crippen LogP contribution in [0.25, 0.3) is 0 Å². The number of ketones is 1. The fraction of sp³-hybridized carbons (Fsp3) is 0.609. The van der Waals surface area contributed by atoms with Gasteiger partial charge in [0.25, 0.3) is 5.91 Å². The van der Waals surface area contributed by atoms with E-state index in [0.717, 1.165) is 13.0 Å². The number of nitrogens with zero attached hydrogens (tertiary/aromatic N) is 1. The van der Waals surface area contributed by atoms with E-state index in [1.165, 1.54) is 0 Å². The Morgan fingerprint density at radius 2 is 1.87 bits per heavy atom. The van der Waals surface area contributed by atoms with E-state index in [1.54, 1.807) is 12.1 Å². The Balaban J connectivity index is 1.73. The number of benzene rings is 1. The topological polar surface area (TPSA) is 87.7 Å². The molecule has 2 unspecified atom stereocenters. The summed E-state index contributed by atoms with van der Waals surface area (Å²) in [7, 11) is 3.93. The molecule has 0 saturated carbocycles. The second kappa shape index (κ2) is 11.2. The molecule has 0 bridgehead atoms. The molecule has 1 fully saturated rings. The van der Waals surface area contributed by atoms with Crippen molar-refractivity contribution in [2.24, 2.45) is 5.41 Å². The molecule has 2 N–H and O–H groups in total. The number of hydrogen-bond acceptors (Lipinski definition) is 5. The summed E-state index contributed by atoms with van der Waals surface area (Å²) >= 11 is 0. The van der Waals surface area contributed by atoms with Gasteiger partial charge in [0.2, 0.25) is 5.91 Å². The summed E-state index contributed by atoms with van der Waals surface area (Å²) < 4.78 is 5.56. The van der Waals surface area contributed by atoms with Crippen molar-refractivity contribution in [3.05, 3.63) is 35.9 Å². The first-order valence-corrected chi connectivity index (χ1v) is 10.6. The number of Topliss-reactive ketones (excluding diaryl/α,β-unsaturated/α-hetero) is 1. The first-order valence-electron chi connectivity index (χ1n) is 10.6. The van der Waals surface area contributed by atoms with E-state index in [4.69, 9.17) is 4.74 Å². The largest absolute Gasteiger partial charge is 0.368 e. The second-order valence-corrected chi connectivity index (χ2v) is 8.99. The zero-order chi connectivity index (χ0) is 22.1. The molecule has 1 saturated heterocycles. The minimum atomic E-state index is -0.550. The predicted molar refractivity (Wildman–Crippen MR) is 116 cm³/mol. The predicted octanol–water partition coefficient (Wildman–Crippen LogP) is 2.02. The fourth-order valence-electron chi connectivity index (χ4n) is 3.42. The summed E-state index contributed by atoms with van der Waals surface area (Å²) in [5.74, 6) is -0.280. The Morgan fingerprint density at radius 1 is 1.17 bits per heavy atom. The lowest BCUT2D eigenvalue weighted by Crippen LogP contribution is -2.45. The van der Waals surface area contributed by atoms with Crippen molar-refractivity contribution in [1.29, 1.82) is 0 Å². The molecule has 0 spiro atoms. The molecule has 1 heterocycles. The molecule has 0 radical (unpaired) electrons. The zero-order valence-electron chi connectivity index (χ0n) is 18.6. The van der Waals surface area contributed by atoms with Gasteiger partial charge >= 0.3 is 0 Å². The minimum absolute atomic E-state index is 0.0602. The standard InChI is InChI=1S/C23H35N3O4/c1-23(2,13-14-24-22(29)17-8-6-5-7-9-17)12-10-20(28)25-21-18(27)16-30-19(21)11-15-26(3)4/h5-9,19,21H,10-16H2,1-4H3,(H,24,29)(H,25,28). The van der Waals surface area contributed by atoms with Gasteiger partial charge in [-0.2, -0.15) is 0 Å². The highest BCUT2D eigenvalue weighted by atomic mass is 16.5. The molecule has 0 aliphatic carbocycles. The van der Waals surface area contributed by atoms with Crippen molar-refractivity contribution in [3.8, 4) is 0 Å². The number of hydrogen-bond donors (Lipinski definition) is 2. The van der Waals surface area contributed by atoms with Gasteiger partial charge in [0, 0.05) is 25.1 Å². The van der Waals surface area contributed by atoms with Crippen LogP contribution in [0.15, 0.2) is 30.3 Å². The van der Waals surface area contributed by atoms with Crippen LogP contribution in [0.1, 0.15) is 49.9 Å². The van der Waals surface area contributed by atoms with Crippen LogP contribution < -0.4 is 10.6 Å².